The molecule has 0 nitrogen and oxygen atoms in total. The molecule has 0 unspecified atom stereocenters. The van der Waals surface area contributed by atoms with Gasteiger partial charge >= 0.3 is 139 Å². The van der Waals surface area contributed by atoms with Gasteiger partial charge in [-0.25, -0.2) is 0 Å². The molecule has 2 aliphatic carbocycles. The van der Waals surface area contributed by atoms with Crippen LogP contribution in [0.25, 0.3) is 11.1 Å². The molecule has 0 spiro atoms. The molecular formula is C20H22Cl2SiTi. The Bertz CT molecular complexity index is 803. The van der Waals surface area contributed by atoms with E-state index in [1.54, 1.807) is 15.0 Å². The molecule has 0 radical (unpaired) electrons. The molecule has 2 aromatic rings. The van der Waals surface area contributed by atoms with Gasteiger partial charge in [0.25, 0.3) is 0 Å². The van der Waals surface area contributed by atoms with E-state index in [1.807, 2.05) is 0 Å². The fourth-order valence-electron chi connectivity index (χ4n) is 3.91. The first-order valence-electron chi connectivity index (χ1n) is 7.99. The van der Waals surface area contributed by atoms with Crippen molar-refractivity contribution < 1.29 is 16.6 Å². The van der Waals surface area contributed by atoms with Crippen LogP contribution in [0.3, 0.4) is 0 Å². The third-order valence-electron chi connectivity index (χ3n) is 4.78. The summed E-state index contributed by atoms with van der Waals surface area (Å²) in [6.45, 7) is 5.09. The van der Waals surface area contributed by atoms with Crippen LogP contribution >= 0.6 is 24.8 Å². The van der Waals surface area contributed by atoms with Crippen molar-refractivity contribution in [2.75, 3.05) is 0 Å². The molecule has 0 N–H and O–H groups in total. The van der Waals surface area contributed by atoms with Gasteiger partial charge in [-0.1, -0.05) is 0 Å². The number of hydrogen-bond acceptors (Lipinski definition) is 0. The van der Waals surface area contributed by atoms with Crippen molar-refractivity contribution in [2.45, 2.75) is 23.7 Å². The summed E-state index contributed by atoms with van der Waals surface area (Å²) in [4.78, 5) is 0. The third-order valence-corrected chi connectivity index (χ3v) is 16.9. The number of halogens is 2. The van der Waals surface area contributed by atoms with E-state index < -0.39 is 16.6 Å². The van der Waals surface area contributed by atoms with Crippen LogP contribution in [0.2, 0.25) is 13.1 Å². The van der Waals surface area contributed by atoms with E-state index in [0.717, 1.165) is 0 Å². The van der Waals surface area contributed by atoms with Gasteiger partial charge in [0.05, 0.1) is 0 Å². The first kappa shape index (κ1) is 19.8. The van der Waals surface area contributed by atoms with Gasteiger partial charge in [0.15, 0.2) is 0 Å². The number of allylic oxidation sites excluding steroid dienone is 4. The third kappa shape index (κ3) is 3.25. The van der Waals surface area contributed by atoms with Crippen molar-refractivity contribution in [3.8, 4) is 11.1 Å². The molecule has 0 heterocycles. The Morgan fingerprint density at radius 3 is 1.88 bits per heavy atom. The number of hydrogen-bond donors (Lipinski definition) is 0. The molecule has 0 fully saturated rings. The molecule has 2 aromatic carbocycles. The van der Waals surface area contributed by atoms with Crippen LogP contribution < -0.4 is 0 Å². The summed E-state index contributed by atoms with van der Waals surface area (Å²) in [6.07, 6.45) is 8.02. The quantitative estimate of drug-likeness (QED) is 0.510. The monoisotopic (exact) mass is 408 g/mol. The van der Waals surface area contributed by atoms with Crippen LogP contribution in [-0.2, 0) is 16.6 Å². The van der Waals surface area contributed by atoms with Gasteiger partial charge in [-0.15, -0.1) is 24.8 Å². The average Bonchev–Trinajstić information content (AvgIpc) is 3.16. The van der Waals surface area contributed by atoms with Crippen LogP contribution in [-0.4, -0.2) is 6.19 Å². The molecule has 0 aliphatic heterocycles. The average molecular weight is 409 g/mol. The molecule has 0 aromatic heterocycles. The first-order valence-corrected chi connectivity index (χ1v) is 14.5. The summed E-state index contributed by atoms with van der Waals surface area (Å²) < 4.78 is 2.51. The van der Waals surface area contributed by atoms with E-state index >= 15 is 0 Å². The van der Waals surface area contributed by atoms with Crippen molar-refractivity contribution in [3.63, 3.8) is 0 Å². The largest absolute Gasteiger partial charge is 0.147 e. The van der Waals surface area contributed by atoms with Crippen LogP contribution in [0.4, 0.5) is 0 Å². The fourth-order valence-corrected chi connectivity index (χ4v) is 16.2. The Balaban J connectivity index is 0.00000104. The predicted molar refractivity (Wildman–Crippen MR) is 108 cm³/mol. The maximum absolute atomic E-state index is 2.54. The maximum atomic E-state index is 2.54. The number of benzene rings is 2. The summed E-state index contributed by atoms with van der Waals surface area (Å²) in [7, 11) is 0. The van der Waals surface area contributed by atoms with Gasteiger partial charge < -0.3 is 0 Å². The van der Waals surface area contributed by atoms with E-state index in [2.05, 4.69) is 79.9 Å². The zero-order valence-electron chi connectivity index (χ0n) is 14.0. The Morgan fingerprint density at radius 2 is 1.42 bits per heavy atom. The fraction of sp³-hybridized carbons (Fsp3) is 0.200. The summed E-state index contributed by atoms with van der Waals surface area (Å²) in [5.74, 6) is 0. The van der Waals surface area contributed by atoms with Gasteiger partial charge in [0.1, 0.15) is 0 Å². The summed E-state index contributed by atoms with van der Waals surface area (Å²) in [5.41, 5.74) is 6.20. The standard InChI is InChI=1S/C13H9.C5H5.C2H6Si.2ClH.Ti/c1-3-7-12-10(5-1)9-11-6-2-4-8-13(11)12;1-2-4-5-3-1;1-3-2;;;/h1-9H;1-3H,4H2;1-2H3;2*1H;. The predicted octanol–water partition coefficient (Wildman–Crippen LogP) is 6.31. The van der Waals surface area contributed by atoms with Gasteiger partial charge in [0, 0.05) is 0 Å². The zero-order chi connectivity index (χ0) is 15.1. The van der Waals surface area contributed by atoms with Gasteiger partial charge in [-0.05, 0) is 0 Å². The second-order valence-electron chi connectivity index (χ2n) is 6.35. The van der Waals surface area contributed by atoms with E-state index in [0.29, 0.717) is 4.22 Å². The Hall–Kier alpha value is -0.569. The molecule has 4 rings (SSSR count). The second kappa shape index (κ2) is 8.21. The second-order valence-corrected chi connectivity index (χ2v) is 18.4. The molecule has 0 atom stereocenters. The minimum Gasteiger partial charge on any atom is -0.147 e. The molecule has 0 amide bonds. The molecule has 4 heteroatoms. The van der Waals surface area contributed by atoms with Crippen LogP contribution in [0.5, 0.6) is 0 Å². The van der Waals surface area contributed by atoms with Crippen LogP contribution in [0.1, 0.15) is 21.8 Å². The van der Waals surface area contributed by atoms with Gasteiger partial charge in [0.2, 0.25) is 0 Å². The normalized spacial score (nSPS) is 14.2. The number of rotatable bonds is 2. The van der Waals surface area contributed by atoms with Crippen molar-refractivity contribution in [1.82, 2.24) is 0 Å². The molecule has 24 heavy (non-hydrogen) atoms. The van der Waals surface area contributed by atoms with Gasteiger partial charge in [-0.2, -0.15) is 0 Å². The minimum atomic E-state index is -1.32. The first-order chi connectivity index (χ1) is 10.8. The van der Waals surface area contributed by atoms with Crippen molar-refractivity contribution >= 4 is 31.0 Å². The molecule has 0 saturated carbocycles. The SMILES string of the molecule is C[Si](C)=[Ti]([C]1=CC=CC1)[CH]1c2ccccc2-c2ccccc21.Cl.Cl. The topological polar surface area (TPSA) is 0 Å². The van der Waals surface area contributed by atoms with E-state index in [9.17, 15) is 0 Å². The van der Waals surface area contributed by atoms with Crippen molar-refractivity contribution in [3.05, 3.63) is 81.8 Å². The van der Waals surface area contributed by atoms with Crippen molar-refractivity contribution in [2.24, 2.45) is 0 Å². The van der Waals surface area contributed by atoms with Crippen LogP contribution in [0, 0.1) is 0 Å². The summed E-state index contributed by atoms with van der Waals surface area (Å²) in [6, 6.07) is 18.3. The van der Waals surface area contributed by atoms with E-state index in [1.165, 1.54) is 17.5 Å². The summed E-state index contributed by atoms with van der Waals surface area (Å²) in [5, 5.41) is 0. The molecule has 2 aliphatic rings. The molecule has 0 saturated heterocycles. The molecular weight excluding hydrogens is 387 g/mol. The van der Waals surface area contributed by atoms with E-state index in [-0.39, 0.29) is 31.0 Å². The van der Waals surface area contributed by atoms with Crippen molar-refractivity contribution in [1.29, 1.82) is 0 Å². The maximum Gasteiger partial charge on any atom is -0.147 e. The zero-order valence-corrected chi connectivity index (χ0v) is 18.1. The Kier molecular flexibility index (Phi) is 6.75. The molecule has 124 valence electrons. The summed E-state index contributed by atoms with van der Waals surface area (Å²) >= 11 is -1.32. The smallest absolute Gasteiger partial charge is 0.147 e. The minimum absolute atomic E-state index is 0. The van der Waals surface area contributed by atoms with Gasteiger partial charge in [-0.3, -0.25) is 0 Å². The van der Waals surface area contributed by atoms with E-state index in [4.69, 9.17) is 0 Å². The Morgan fingerprint density at radius 1 is 0.875 bits per heavy atom. The molecule has 0 bridgehead atoms. The van der Waals surface area contributed by atoms with Crippen LogP contribution in [0.15, 0.2) is 70.6 Å². The Labute approximate surface area is 163 Å². The number of fused-ring (bicyclic) bond motifs is 3.